The molecule has 4 rings (SSSR count). The topological polar surface area (TPSA) is 63.5 Å². The molecule has 0 radical (unpaired) electrons. The molecule has 0 unspecified atom stereocenters. The first kappa shape index (κ1) is 19.1. The Hall–Kier alpha value is -2.26. The first-order valence-corrected chi connectivity index (χ1v) is 11.0. The number of aryl methyl sites for hydroxylation is 1. The van der Waals surface area contributed by atoms with Gasteiger partial charge in [-0.3, -0.25) is 4.40 Å². The fourth-order valence-corrected chi connectivity index (χ4v) is 5.23. The summed E-state index contributed by atoms with van der Waals surface area (Å²) in [7, 11) is -3.67. The van der Waals surface area contributed by atoms with Gasteiger partial charge in [-0.1, -0.05) is 29.0 Å². The summed E-state index contributed by atoms with van der Waals surface area (Å²) in [4.78, 5) is 6.30. The Kier molecular flexibility index (Phi) is 4.96. The van der Waals surface area contributed by atoms with Crippen molar-refractivity contribution in [1.29, 1.82) is 0 Å². The van der Waals surface area contributed by atoms with E-state index in [0.717, 1.165) is 26.8 Å². The van der Waals surface area contributed by atoms with Crippen LogP contribution in [0.1, 0.15) is 10.6 Å². The Balaban J connectivity index is 1.57. The van der Waals surface area contributed by atoms with Crippen LogP contribution in [-0.2, 0) is 16.6 Å². The molecule has 5 nitrogen and oxygen atoms in total. The van der Waals surface area contributed by atoms with Gasteiger partial charge in [0, 0.05) is 33.9 Å². The zero-order chi connectivity index (χ0) is 19.9. The minimum Gasteiger partial charge on any atom is -0.294 e. The molecule has 0 amide bonds. The van der Waals surface area contributed by atoms with Crippen LogP contribution in [0.4, 0.5) is 4.39 Å². The number of imidazole rings is 1. The number of nitrogens with zero attached hydrogens (tertiary/aromatic N) is 2. The van der Waals surface area contributed by atoms with Crippen LogP contribution >= 0.6 is 22.9 Å². The first-order chi connectivity index (χ1) is 13.3. The van der Waals surface area contributed by atoms with Gasteiger partial charge >= 0.3 is 0 Å². The SMILES string of the molecule is Cc1c(CNS(=O)(=O)c2cccc(Cl)c2)sc2nc(-c3ccc(F)cc3)cn12. The van der Waals surface area contributed by atoms with E-state index in [2.05, 4.69) is 9.71 Å². The normalized spacial score (nSPS) is 12.0. The average Bonchev–Trinajstić information content (AvgIpc) is 3.20. The number of rotatable bonds is 5. The van der Waals surface area contributed by atoms with E-state index in [0.29, 0.717) is 5.02 Å². The zero-order valence-corrected chi connectivity index (χ0v) is 17.1. The van der Waals surface area contributed by atoms with Crippen LogP contribution in [0.2, 0.25) is 5.02 Å². The predicted molar refractivity (Wildman–Crippen MR) is 109 cm³/mol. The van der Waals surface area contributed by atoms with Crippen molar-refractivity contribution in [2.45, 2.75) is 18.4 Å². The third kappa shape index (κ3) is 3.68. The van der Waals surface area contributed by atoms with E-state index in [1.807, 2.05) is 17.5 Å². The van der Waals surface area contributed by atoms with Gasteiger partial charge in [0.05, 0.1) is 10.6 Å². The van der Waals surface area contributed by atoms with Crippen LogP contribution in [0.5, 0.6) is 0 Å². The lowest BCUT2D eigenvalue weighted by Gasteiger charge is -2.06. The second-order valence-corrected chi connectivity index (χ2v) is 9.44. The lowest BCUT2D eigenvalue weighted by molar-refractivity contribution is 0.581. The van der Waals surface area contributed by atoms with E-state index in [4.69, 9.17) is 11.6 Å². The lowest BCUT2D eigenvalue weighted by Crippen LogP contribution is -2.23. The summed E-state index contributed by atoms with van der Waals surface area (Å²) in [6, 6.07) is 12.3. The number of aromatic nitrogens is 2. The molecule has 144 valence electrons. The van der Waals surface area contributed by atoms with Crippen molar-refractivity contribution in [2.24, 2.45) is 0 Å². The molecule has 0 atom stereocenters. The van der Waals surface area contributed by atoms with Gasteiger partial charge in [-0.2, -0.15) is 0 Å². The lowest BCUT2D eigenvalue weighted by atomic mass is 10.2. The van der Waals surface area contributed by atoms with Gasteiger partial charge in [-0.25, -0.2) is 22.5 Å². The van der Waals surface area contributed by atoms with Crippen LogP contribution < -0.4 is 4.72 Å². The molecule has 2 aromatic carbocycles. The Bertz CT molecular complexity index is 1260. The highest BCUT2D eigenvalue weighted by Crippen LogP contribution is 2.27. The standard InChI is InChI=1S/C19H15ClFN3O2S2/c1-12-18(10-22-28(25,26)16-4-2-3-14(20)9-16)27-19-23-17(11-24(12)19)13-5-7-15(21)8-6-13/h2-9,11,22H,10H2,1H3. The van der Waals surface area contributed by atoms with Gasteiger partial charge in [0.15, 0.2) is 4.96 Å². The minimum atomic E-state index is -3.67. The summed E-state index contributed by atoms with van der Waals surface area (Å²) in [5.74, 6) is -0.296. The third-order valence-corrected chi connectivity index (χ3v) is 7.11. The molecule has 4 aromatic rings. The molecule has 0 saturated carbocycles. The van der Waals surface area contributed by atoms with Crippen LogP contribution in [0.3, 0.4) is 0 Å². The first-order valence-electron chi connectivity index (χ1n) is 8.32. The summed E-state index contributed by atoms with van der Waals surface area (Å²) in [5.41, 5.74) is 2.45. The Morgan fingerprint density at radius 3 is 2.64 bits per heavy atom. The zero-order valence-electron chi connectivity index (χ0n) is 14.7. The van der Waals surface area contributed by atoms with Gasteiger partial charge in [-0.15, -0.1) is 0 Å². The van der Waals surface area contributed by atoms with E-state index >= 15 is 0 Å². The maximum atomic E-state index is 13.1. The summed E-state index contributed by atoms with van der Waals surface area (Å²) in [5, 5.41) is 0.363. The largest absolute Gasteiger partial charge is 0.294 e. The van der Waals surface area contributed by atoms with E-state index in [-0.39, 0.29) is 17.3 Å². The molecule has 2 aromatic heterocycles. The van der Waals surface area contributed by atoms with Gasteiger partial charge in [0.2, 0.25) is 10.0 Å². The fraction of sp³-hybridized carbons (Fsp3) is 0.105. The van der Waals surface area contributed by atoms with Crippen LogP contribution in [0, 0.1) is 12.7 Å². The maximum absolute atomic E-state index is 13.1. The summed E-state index contributed by atoms with van der Waals surface area (Å²) in [6.45, 7) is 2.06. The molecular formula is C19H15ClFN3O2S2. The summed E-state index contributed by atoms with van der Waals surface area (Å²) in [6.07, 6.45) is 1.86. The summed E-state index contributed by atoms with van der Waals surface area (Å²) < 4.78 is 42.6. The van der Waals surface area contributed by atoms with Gasteiger partial charge in [-0.05, 0) is 49.4 Å². The average molecular weight is 436 g/mol. The quantitative estimate of drug-likeness (QED) is 0.496. The molecule has 0 aliphatic heterocycles. The number of benzene rings is 2. The molecule has 0 fully saturated rings. The van der Waals surface area contributed by atoms with Crippen LogP contribution in [0.15, 0.2) is 59.6 Å². The Morgan fingerprint density at radius 1 is 1.21 bits per heavy atom. The molecule has 0 saturated heterocycles. The number of hydrogen-bond acceptors (Lipinski definition) is 4. The fourth-order valence-electron chi connectivity index (χ4n) is 2.80. The van der Waals surface area contributed by atoms with Crippen molar-refractivity contribution < 1.29 is 12.8 Å². The van der Waals surface area contributed by atoms with Crippen LogP contribution in [-0.4, -0.2) is 17.8 Å². The molecule has 0 bridgehead atoms. The van der Waals surface area contributed by atoms with Crippen molar-refractivity contribution >= 4 is 37.9 Å². The van der Waals surface area contributed by atoms with E-state index in [1.54, 1.807) is 24.3 Å². The van der Waals surface area contributed by atoms with E-state index < -0.39 is 10.0 Å². The minimum absolute atomic E-state index is 0.123. The number of halogens is 2. The Labute approximate surface area is 170 Å². The highest BCUT2D eigenvalue weighted by molar-refractivity contribution is 7.89. The summed E-state index contributed by atoms with van der Waals surface area (Å²) >= 11 is 7.29. The molecule has 0 aliphatic carbocycles. The Morgan fingerprint density at radius 2 is 1.96 bits per heavy atom. The van der Waals surface area contributed by atoms with Gasteiger partial charge in [0.25, 0.3) is 0 Å². The third-order valence-electron chi connectivity index (χ3n) is 4.32. The molecule has 9 heteroatoms. The molecule has 1 N–H and O–H groups in total. The second kappa shape index (κ2) is 7.29. The van der Waals surface area contributed by atoms with E-state index in [1.165, 1.54) is 35.6 Å². The molecule has 2 heterocycles. The van der Waals surface area contributed by atoms with Gasteiger partial charge in [0.1, 0.15) is 5.82 Å². The molecular weight excluding hydrogens is 421 g/mol. The maximum Gasteiger partial charge on any atom is 0.240 e. The smallest absolute Gasteiger partial charge is 0.240 e. The molecule has 28 heavy (non-hydrogen) atoms. The van der Waals surface area contributed by atoms with Crippen LogP contribution in [0.25, 0.3) is 16.2 Å². The predicted octanol–water partition coefficient (Wildman–Crippen LogP) is 4.64. The number of hydrogen-bond donors (Lipinski definition) is 1. The monoisotopic (exact) mass is 435 g/mol. The highest BCUT2D eigenvalue weighted by atomic mass is 35.5. The van der Waals surface area contributed by atoms with Gasteiger partial charge < -0.3 is 0 Å². The van der Waals surface area contributed by atoms with E-state index in [9.17, 15) is 12.8 Å². The number of thiazole rings is 1. The second-order valence-electron chi connectivity index (χ2n) is 6.18. The van der Waals surface area contributed by atoms with Crippen molar-refractivity contribution in [2.75, 3.05) is 0 Å². The molecule has 0 aliphatic rings. The number of fused-ring (bicyclic) bond motifs is 1. The van der Waals surface area contributed by atoms with Crippen molar-refractivity contribution in [1.82, 2.24) is 14.1 Å². The number of nitrogens with one attached hydrogen (secondary N) is 1. The highest BCUT2D eigenvalue weighted by Gasteiger charge is 2.17. The van der Waals surface area contributed by atoms with Crippen molar-refractivity contribution in [3.05, 3.63) is 76.1 Å². The molecule has 0 spiro atoms. The number of sulfonamides is 1. The van der Waals surface area contributed by atoms with Crippen molar-refractivity contribution in [3.8, 4) is 11.3 Å². The van der Waals surface area contributed by atoms with Crippen molar-refractivity contribution in [3.63, 3.8) is 0 Å².